The molecule has 5 nitrogen and oxygen atoms in total. The molecule has 2 aromatic rings. The van der Waals surface area contributed by atoms with E-state index in [0.717, 1.165) is 11.3 Å². The van der Waals surface area contributed by atoms with Gasteiger partial charge in [0.2, 0.25) is 0 Å². The first-order chi connectivity index (χ1) is 11.6. The first kappa shape index (κ1) is 17.7. The first-order valence-corrected chi connectivity index (χ1v) is 7.85. The fourth-order valence-electron chi connectivity index (χ4n) is 2.45. The summed E-state index contributed by atoms with van der Waals surface area (Å²) >= 11 is 0. The normalized spacial score (nSPS) is 11.5. The molecule has 0 heterocycles. The van der Waals surface area contributed by atoms with Crippen LogP contribution in [-0.2, 0) is 0 Å². The highest BCUT2D eigenvalue weighted by Crippen LogP contribution is 2.29. The zero-order valence-corrected chi connectivity index (χ0v) is 14.5. The molecule has 0 aliphatic carbocycles. The highest BCUT2D eigenvalue weighted by Gasteiger charge is 2.20. The van der Waals surface area contributed by atoms with Gasteiger partial charge in [-0.2, -0.15) is 0 Å². The fourth-order valence-corrected chi connectivity index (χ4v) is 2.45. The van der Waals surface area contributed by atoms with Crippen molar-refractivity contribution in [3.05, 3.63) is 53.6 Å². The van der Waals surface area contributed by atoms with E-state index in [1.165, 1.54) is 14.2 Å². The van der Waals surface area contributed by atoms with Crippen LogP contribution in [-0.4, -0.2) is 26.7 Å². The minimum Gasteiger partial charge on any atom is -0.496 e. The Kier molecular flexibility index (Phi) is 6.07. The van der Waals surface area contributed by atoms with Gasteiger partial charge in [-0.05, 0) is 43.7 Å². The number of rotatable bonds is 7. The Labute approximate surface area is 142 Å². The predicted molar refractivity (Wildman–Crippen MR) is 93.0 cm³/mol. The summed E-state index contributed by atoms with van der Waals surface area (Å²) in [5.74, 6) is 1.52. The van der Waals surface area contributed by atoms with E-state index in [2.05, 4.69) is 5.32 Å². The van der Waals surface area contributed by atoms with Gasteiger partial charge < -0.3 is 19.5 Å². The van der Waals surface area contributed by atoms with Crippen molar-refractivity contribution < 1.29 is 19.0 Å². The van der Waals surface area contributed by atoms with Crippen LogP contribution in [0.25, 0.3) is 0 Å². The number of methoxy groups -OCH3 is 2. The molecule has 0 aliphatic rings. The summed E-state index contributed by atoms with van der Waals surface area (Å²) in [4.78, 5) is 12.7. The third-order valence-corrected chi connectivity index (χ3v) is 3.69. The molecule has 128 valence electrons. The van der Waals surface area contributed by atoms with Gasteiger partial charge in [0.05, 0.1) is 26.9 Å². The van der Waals surface area contributed by atoms with Gasteiger partial charge in [-0.25, -0.2) is 0 Å². The summed E-state index contributed by atoms with van der Waals surface area (Å²) in [5, 5.41) is 2.97. The van der Waals surface area contributed by atoms with E-state index < -0.39 is 0 Å². The maximum atomic E-state index is 12.7. The number of hydrogen-bond donors (Lipinski definition) is 1. The molecular formula is C19H23NO4. The molecule has 24 heavy (non-hydrogen) atoms. The average Bonchev–Trinajstić information content (AvgIpc) is 2.61. The highest BCUT2D eigenvalue weighted by molar-refractivity contribution is 5.99. The molecule has 2 aromatic carbocycles. The van der Waals surface area contributed by atoms with Gasteiger partial charge in [-0.15, -0.1) is 0 Å². The molecule has 0 radical (unpaired) electrons. The SMILES string of the molecule is CCOc1ccc([C@H](C)NC(=O)c2c(OC)cccc2OC)cc1. The van der Waals surface area contributed by atoms with Crippen LogP contribution in [0.5, 0.6) is 17.2 Å². The molecule has 5 heteroatoms. The third-order valence-electron chi connectivity index (χ3n) is 3.69. The van der Waals surface area contributed by atoms with E-state index in [1.807, 2.05) is 38.1 Å². The monoisotopic (exact) mass is 329 g/mol. The van der Waals surface area contributed by atoms with Crippen LogP contribution in [0.15, 0.2) is 42.5 Å². The van der Waals surface area contributed by atoms with Crippen molar-refractivity contribution in [1.82, 2.24) is 5.32 Å². The number of ether oxygens (including phenoxy) is 3. The van der Waals surface area contributed by atoms with E-state index in [4.69, 9.17) is 14.2 Å². The van der Waals surface area contributed by atoms with Crippen LogP contribution < -0.4 is 19.5 Å². The number of amides is 1. The Morgan fingerprint density at radius 2 is 1.62 bits per heavy atom. The number of carbonyl (C=O) groups excluding carboxylic acids is 1. The molecule has 1 N–H and O–H groups in total. The molecule has 0 aromatic heterocycles. The van der Waals surface area contributed by atoms with Gasteiger partial charge in [0.1, 0.15) is 22.8 Å². The molecule has 0 unspecified atom stereocenters. The van der Waals surface area contributed by atoms with E-state index in [9.17, 15) is 4.79 Å². The minimum atomic E-state index is -0.245. The molecule has 2 rings (SSSR count). The third kappa shape index (κ3) is 3.98. The minimum absolute atomic E-state index is 0.164. The molecule has 0 spiro atoms. The van der Waals surface area contributed by atoms with Crippen molar-refractivity contribution in [2.24, 2.45) is 0 Å². The van der Waals surface area contributed by atoms with Gasteiger partial charge in [0.25, 0.3) is 5.91 Å². The quantitative estimate of drug-likeness (QED) is 0.843. The lowest BCUT2D eigenvalue weighted by Crippen LogP contribution is -2.27. The topological polar surface area (TPSA) is 56.8 Å². The van der Waals surface area contributed by atoms with Gasteiger partial charge >= 0.3 is 0 Å². The molecule has 1 amide bonds. The van der Waals surface area contributed by atoms with E-state index >= 15 is 0 Å². The smallest absolute Gasteiger partial charge is 0.259 e. The van der Waals surface area contributed by atoms with Gasteiger partial charge in [-0.1, -0.05) is 18.2 Å². The summed E-state index contributed by atoms with van der Waals surface area (Å²) in [6.07, 6.45) is 0. The molecule has 0 saturated heterocycles. The standard InChI is InChI=1S/C19H23NO4/c1-5-24-15-11-9-14(10-12-15)13(2)20-19(21)18-16(22-3)7-6-8-17(18)23-4/h6-13H,5H2,1-4H3,(H,20,21)/t13-/m0/s1. The van der Waals surface area contributed by atoms with Gasteiger partial charge in [0.15, 0.2) is 0 Å². The molecule has 0 saturated carbocycles. The molecule has 0 fully saturated rings. The van der Waals surface area contributed by atoms with Crippen molar-refractivity contribution in [2.45, 2.75) is 19.9 Å². The van der Waals surface area contributed by atoms with Crippen LogP contribution in [0, 0.1) is 0 Å². The number of carbonyl (C=O) groups is 1. The molecule has 1 atom stereocenters. The second kappa shape index (κ2) is 8.24. The molecule has 0 bridgehead atoms. The number of nitrogens with one attached hydrogen (secondary N) is 1. The first-order valence-electron chi connectivity index (χ1n) is 7.85. The zero-order valence-electron chi connectivity index (χ0n) is 14.5. The summed E-state index contributed by atoms with van der Waals surface area (Å²) in [5.41, 5.74) is 1.38. The summed E-state index contributed by atoms with van der Waals surface area (Å²) < 4.78 is 16.0. The van der Waals surface area contributed by atoms with E-state index in [1.54, 1.807) is 18.2 Å². The van der Waals surface area contributed by atoms with Crippen molar-refractivity contribution >= 4 is 5.91 Å². The maximum absolute atomic E-state index is 12.7. The average molecular weight is 329 g/mol. The predicted octanol–water partition coefficient (Wildman–Crippen LogP) is 3.59. The second-order valence-corrected chi connectivity index (χ2v) is 5.23. The highest BCUT2D eigenvalue weighted by atomic mass is 16.5. The lowest BCUT2D eigenvalue weighted by Gasteiger charge is -2.17. The Morgan fingerprint density at radius 1 is 1.04 bits per heavy atom. The lowest BCUT2D eigenvalue weighted by molar-refractivity contribution is 0.0933. The Bertz CT molecular complexity index is 660. The Morgan fingerprint density at radius 3 is 2.12 bits per heavy atom. The Hall–Kier alpha value is -2.69. The zero-order chi connectivity index (χ0) is 17.5. The van der Waals surface area contributed by atoms with Gasteiger partial charge in [0, 0.05) is 0 Å². The largest absolute Gasteiger partial charge is 0.496 e. The second-order valence-electron chi connectivity index (χ2n) is 5.23. The molecular weight excluding hydrogens is 306 g/mol. The number of benzene rings is 2. The van der Waals surface area contributed by atoms with Crippen molar-refractivity contribution in [2.75, 3.05) is 20.8 Å². The fraction of sp³-hybridized carbons (Fsp3) is 0.316. The van der Waals surface area contributed by atoms with Crippen molar-refractivity contribution in [1.29, 1.82) is 0 Å². The van der Waals surface area contributed by atoms with Crippen LogP contribution in [0.1, 0.15) is 35.8 Å². The van der Waals surface area contributed by atoms with Gasteiger partial charge in [-0.3, -0.25) is 4.79 Å². The maximum Gasteiger partial charge on any atom is 0.259 e. The Balaban J connectivity index is 2.17. The summed E-state index contributed by atoms with van der Waals surface area (Å²) in [6.45, 7) is 4.49. The van der Waals surface area contributed by atoms with E-state index in [0.29, 0.717) is 23.7 Å². The van der Waals surface area contributed by atoms with Crippen LogP contribution in [0.4, 0.5) is 0 Å². The number of hydrogen-bond acceptors (Lipinski definition) is 4. The summed E-state index contributed by atoms with van der Waals surface area (Å²) in [7, 11) is 3.06. The van der Waals surface area contributed by atoms with Crippen molar-refractivity contribution in [3.8, 4) is 17.2 Å². The van der Waals surface area contributed by atoms with Crippen molar-refractivity contribution in [3.63, 3.8) is 0 Å². The van der Waals surface area contributed by atoms with E-state index in [-0.39, 0.29) is 11.9 Å². The van der Waals surface area contributed by atoms with Crippen LogP contribution in [0.2, 0.25) is 0 Å². The molecule has 0 aliphatic heterocycles. The lowest BCUT2D eigenvalue weighted by atomic mass is 10.1. The van der Waals surface area contributed by atoms with Crippen LogP contribution in [0.3, 0.4) is 0 Å². The summed E-state index contributed by atoms with van der Waals surface area (Å²) in [6, 6.07) is 12.8. The van der Waals surface area contributed by atoms with Crippen LogP contribution >= 0.6 is 0 Å².